The van der Waals surface area contributed by atoms with Gasteiger partial charge in [-0.3, -0.25) is 9.59 Å². The Kier molecular flexibility index (Phi) is 5.56. The number of anilines is 2. The van der Waals surface area contributed by atoms with E-state index < -0.39 is 17.8 Å². The second-order valence-corrected chi connectivity index (χ2v) is 7.25. The van der Waals surface area contributed by atoms with Crippen molar-refractivity contribution in [3.63, 3.8) is 0 Å². The number of ether oxygens (including phenoxy) is 1. The highest BCUT2D eigenvalue weighted by molar-refractivity contribution is 6.53. The van der Waals surface area contributed by atoms with Crippen LogP contribution in [0.4, 0.5) is 11.4 Å². The maximum absolute atomic E-state index is 12.8. The number of benzene rings is 3. The highest BCUT2D eigenvalue weighted by Gasteiger charge is 2.38. The Morgan fingerprint density at radius 1 is 0.871 bits per heavy atom. The topological polar surface area (TPSA) is 75.7 Å². The van der Waals surface area contributed by atoms with Crippen LogP contribution < -0.4 is 15.0 Å². The largest absolute Gasteiger partial charge is 0.423 e. The van der Waals surface area contributed by atoms with Crippen molar-refractivity contribution in [3.8, 4) is 5.75 Å². The van der Waals surface area contributed by atoms with Crippen molar-refractivity contribution in [2.75, 3.05) is 10.2 Å². The predicted octanol–water partition coefficient (Wildman–Crippen LogP) is 4.65. The second-order valence-electron chi connectivity index (χ2n) is 6.88. The van der Waals surface area contributed by atoms with E-state index in [0.717, 1.165) is 10.5 Å². The summed E-state index contributed by atoms with van der Waals surface area (Å²) in [7, 11) is 0. The minimum Gasteiger partial charge on any atom is -0.423 e. The number of carbonyl (C=O) groups is 3. The molecule has 0 fully saturated rings. The van der Waals surface area contributed by atoms with Crippen LogP contribution in [0.5, 0.6) is 5.75 Å². The third-order valence-corrected chi connectivity index (χ3v) is 5.01. The third kappa shape index (κ3) is 4.20. The van der Waals surface area contributed by atoms with Gasteiger partial charge < -0.3 is 10.1 Å². The van der Waals surface area contributed by atoms with Gasteiger partial charge in [-0.15, -0.1) is 0 Å². The number of nitrogens with one attached hydrogen (secondary N) is 1. The van der Waals surface area contributed by atoms with E-state index in [1.165, 1.54) is 0 Å². The molecule has 0 spiro atoms. The molecule has 1 aliphatic rings. The molecular formula is C24H17ClN2O4. The molecule has 1 aliphatic heterocycles. The van der Waals surface area contributed by atoms with Gasteiger partial charge in [0.25, 0.3) is 11.8 Å². The van der Waals surface area contributed by atoms with Gasteiger partial charge in [-0.2, -0.15) is 0 Å². The van der Waals surface area contributed by atoms with Crippen LogP contribution in [0, 0.1) is 6.92 Å². The molecule has 0 saturated carbocycles. The van der Waals surface area contributed by atoms with E-state index in [-0.39, 0.29) is 10.7 Å². The van der Waals surface area contributed by atoms with Gasteiger partial charge in [-0.05, 0) is 55.5 Å². The summed E-state index contributed by atoms with van der Waals surface area (Å²) in [6.45, 7) is 1.95. The molecule has 0 bridgehead atoms. The van der Waals surface area contributed by atoms with Crippen molar-refractivity contribution in [1.29, 1.82) is 0 Å². The standard InChI is InChI=1S/C24H17ClN2O4/c1-15-7-13-19(14-8-15)31-24(30)16-9-11-17(12-10-16)26-21-20(25)22(28)27(23(21)29)18-5-3-2-4-6-18/h2-14,26H,1H3. The first-order valence-electron chi connectivity index (χ1n) is 9.43. The lowest BCUT2D eigenvalue weighted by atomic mass is 10.2. The molecule has 0 atom stereocenters. The molecule has 3 aromatic carbocycles. The van der Waals surface area contributed by atoms with Crippen molar-refractivity contribution in [3.05, 3.63) is 101 Å². The van der Waals surface area contributed by atoms with Crippen LogP contribution in [-0.2, 0) is 9.59 Å². The maximum Gasteiger partial charge on any atom is 0.343 e. The fraction of sp³-hybridized carbons (Fsp3) is 0.0417. The monoisotopic (exact) mass is 432 g/mol. The van der Waals surface area contributed by atoms with Crippen LogP contribution in [0.2, 0.25) is 0 Å². The van der Waals surface area contributed by atoms with E-state index in [2.05, 4.69) is 5.32 Å². The number of esters is 1. The fourth-order valence-corrected chi connectivity index (χ4v) is 3.24. The molecule has 1 N–H and O–H groups in total. The van der Waals surface area contributed by atoms with Crippen molar-refractivity contribution in [2.45, 2.75) is 6.92 Å². The summed E-state index contributed by atoms with van der Waals surface area (Å²) >= 11 is 6.13. The summed E-state index contributed by atoms with van der Waals surface area (Å²) < 4.78 is 5.34. The number of rotatable bonds is 5. The lowest BCUT2D eigenvalue weighted by Gasteiger charge is -2.14. The normalized spacial score (nSPS) is 13.5. The minimum absolute atomic E-state index is 0.0227. The highest BCUT2D eigenvalue weighted by Crippen LogP contribution is 2.30. The van der Waals surface area contributed by atoms with Crippen LogP contribution in [-0.4, -0.2) is 17.8 Å². The van der Waals surface area contributed by atoms with Gasteiger partial charge in [0, 0.05) is 5.69 Å². The summed E-state index contributed by atoms with van der Waals surface area (Å²) in [5.74, 6) is -1.21. The Balaban J connectivity index is 1.47. The van der Waals surface area contributed by atoms with Crippen molar-refractivity contribution >= 4 is 40.8 Å². The third-order valence-electron chi connectivity index (χ3n) is 4.66. The van der Waals surface area contributed by atoms with Crippen molar-refractivity contribution in [2.24, 2.45) is 0 Å². The van der Waals surface area contributed by atoms with Crippen LogP contribution in [0.25, 0.3) is 0 Å². The summed E-state index contributed by atoms with van der Waals surface area (Å²) in [5.41, 5.74) is 2.31. The van der Waals surface area contributed by atoms with Crippen LogP contribution in [0.15, 0.2) is 89.6 Å². The lowest BCUT2D eigenvalue weighted by Crippen LogP contribution is -2.32. The number of amides is 2. The molecule has 0 radical (unpaired) electrons. The van der Waals surface area contributed by atoms with E-state index in [1.807, 2.05) is 19.1 Å². The predicted molar refractivity (Wildman–Crippen MR) is 118 cm³/mol. The number of hydrogen-bond donors (Lipinski definition) is 1. The zero-order chi connectivity index (χ0) is 22.0. The van der Waals surface area contributed by atoms with Gasteiger partial charge in [-0.25, -0.2) is 9.69 Å². The number of imide groups is 1. The molecule has 31 heavy (non-hydrogen) atoms. The van der Waals surface area contributed by atoms with Crippen molar-refractivity contribution < 1.29 is 19.1 Å². The molecule has 0 aromatic heterocycles. The summed E-state index contributed by atoms with van der Waals surface area (Å²) in [4.78, 5) is 38.6. The van der Waals surface area contributed by atoms with Gasteiger partial charge in [0.05, 0.1) is 11.3 Å². The van der Waals surface area contributed by atoms with E-state index >= 15 is 0 Å². The molecule has 3 aromatic rings. The van der Waals surface area contributed by atoms with Gasteiger partial charge in [0.15, 0.2) is 0 Å². The van der Waals surface area contributed by atoms with E-state index in [0.29, 0.717) is 22.7 Å². The van der Waals surface area contributed by atoms with Gasteiger partial charge in [-0.1, -0.05) is 47.5 Å². The molecule has 0 aliphatic carbocycles. The number of aryl methyl sites for hydroxylation is 1. The molecule has 4 rings (SSSR count). The number of carbonyl (C=O) groups excluding carboxylic acids is 3. The van der Waals surface area contributed by atoms with Gasteiger partial charge >= 0.3 is 5.97 Å². The zero-order valence-electron chi connectivity index (χ0n) is 16.5. The first-order chi connectivity index (χ1) is 14.9. The van der Waals surface area contributed by atoms with E-state index in [4.69, 9.17) is 16.3 Å². The fourth-order valence-electron chi connectivity index (χ4n) is 3.03. The molecule has 1 heterocycles. The van der Waals surface area contributed by atoms with Gasteiger partial charge in [0.1, 0.15) is 16.5 Å². The summed E-state index contributed by atoms with van der Waals surface area (Å²) in [6, 6.07) is 22.0. The molecule has 154 valence electrons. The number of halogens is 1. The Bertz CT molecular complexity index is 1190. The molecule has 0 unspecified atom stereocenters. The highest BCUT2D eigenvalue weighted by atomic mass is 35.5. The van der Waals surface area contributed by atoms with Crippen molar-refractivity contribution in [1.82, 2.24) is 0 Å². The first kappa shape index (κ1) is 20.4. The van der Waals surface area contributed by atoms with E-state index in [9.17, 15) is 14.4 Å². The average molecular weight is 433 g/mol. The molecule has 6 nitrogen and oxygen atoms in total. The minimum atomic E-state index is -0.598. The quantitative estimate of drug-likeness (QED) is 0.361. The summed E-state index contributed by atoms with van der Waals surface area (Å²) in [6.07, 6.45) is 0. The smallest absolute Gasteiger partial charge is 0.343 e. The Labute approximate surface area is 183 Å². The number of para-hydroxylation sites is 1. The molecule has 0 saturated heterocycles. The Morgan fingerprint density at radius 3 is 2.16 bits per heavy atom. The van der Waals surface area contributed by atoms with E-state index in [1.54, 1.807) is 66.7 Å². The average Bonchev–Trinajstić information content (AvgIpc) is 2.99. The number of nitrogens with zero attached hydrogens (tertiary/aromatic N) is 1. The summed E-state index contributed by atoms with van der Waals surface area (Å²) in [5, 5.41) is 2.68. The molecule has 2 amide bonds. The second kappa shape index (κ2) is 8.45. The van der Waals surface area contributed by atoms with Crippen LogP contribution in [0.1, 0.15) is 15.9 Å². The first-order valence-corrected chi connectivity index (χ1v) is 9.81. The molecule has 7 heteroatoms. The Morgan fingerprint density at radius 2 is 1.52 bits per heavy atom. The Hall–Kier alpha value is -3.90. The number of hydrogen-bond acceptors (Lipinski definition) is 5. The molecular weight excluding hydrogens is 416 g/mol. The zero-order valence-corrected chi connectivity index (χ0v) is 17.2. The SMILES string of the molecule is Cc1ccc(OC(=O)c2ccc(NC3=C(Cl)C(=O)N(c4ccccc4)C3=O)cc2)cc1. The van der Waals surface area contributed by atoms with Crippen LogP contribution in [0.3, 0.4) is 0 Å². The van der Waals surface area contributed by atoms with Crippen LogP contribution >= 0.6 is 11.6 Å². The maximum atomic E-state index is 12.8. The van der Waals surface area contributed by atoms with Gasteiger partial charge in [0.2, 0.25) is 0 Å². The lowest BCUT2D eigenvalue weighted by molar-refractivity contribution is -0.120.